The maximum atomic E-state index is 11.9. The third-order valence-corrected chi connectivity index (χ3v) is 4.05. The molecule has 2 atom stereocenters. The van der Waals surface area contributed by atoms with Crippen molar-refractivity contribution >= 4 is 11.7 Å². The van der Waals surface area contributed by atoms with Crippen molar-refractivity contribution in [1.82, 2.24) is 9.88 Å². The van der Waals surface area contributed by atoms with E-state index in [0.29, 0.717) is 18.4 Å². The highest BCUT2D eigenvalue weighted by molar-refractivity contribution is 5.88. The van der Waals surface area contributed by atoms with Gasteiger partial charge in [-0.25, -0.2) is 4.79 Å². The molecule has 1 heterocycles. The van der Waals surface area contributed by atoms with Gasteiger partial charge in [-0.3, -0.25) is 4.79 Å². The second kappa shape index (κ2) is 6.05. The molecule has 0 aliphatic heterocycles. The summed E-state index contributed by atoms with van der Waals surface area (Å²) in [6.45, 7) is 0.624. The Labute approximate surface area is 129 Å². The fourth-order valence-electron chi connectivity index (χ4n) is 2.66. The van der Waals surface area contributed by atoms with Gasteiger partial charge in [0.2, 0.25) is 0 Å². The molecule has 114 valence electrons. The number of rotatable bonds is 4. The van der Waals surface area contributed by atoms with E-state index < -0.39 is 0 Å². The average molecular weight is 297 g/mol. The minimum Gasteiger partial charge on any atom is -0.338 e. The fraction of sp³-hybridized carbons (Fsp3) is 0.294. The van der Waals surface area contributed by atoms with Crippen molar-refractivity contribution in [2.24, 2.45) is 13.0 Å². The Bertz CT molecular complexity index is 724. The molecule has 0 radical (unpaired) electrons. The molecule has 22 heavy (non-hydrogen) atoms. The van der Waals surface area contributed by atoms with Gasteiger partial charge in [0.1, 0.15) is 5.69 Å². The first kappa shape index (κ1) is 14.4. The SMILES string of the molecule is Cn1cccc(NC(=O)NC[C@@H]2C[C@@H]2c2ccccc2)c1=O. The van der Waals surface area contributed by atoms with Crippen LogP contribution in [0.5, 0.6) is 0 Å². The summed E-state index contributed by atoms with van der Waals surface area (Å²) >= 11 is 0. The van der Waals surface area contributed by atoms with Gasteiger partial charge < -0.3 is 15.2 Å². The summed E-state index contributed by atoms with van der Waals surface area (Å²) in [5.74, 6) is 1.01. The van der Waals surface area contributed by atoms with E-state index in [9.17, 15) is 9.59 Å². The van der Waals surface area contributed by atoms with Gasteiger partial charge in [-0.15, -0.1) is 0 Å². The van der Waals surface area contributed by atoms with Gasteiger partial charge >= 0.3 is 6.03 Å². The summed E-state index contributed by atoms with van der Waals surface area (Å²) in [6.07, 6.45) is 2.75. The molecule has 2 aromatic rings. The van der Waals surface area contributed by atoms with Crippen LogP contribution in [0.3, 0.4) is 0 Å². The van der Waals surface area contributed by atoms with Crippen LogP contribution in [-0.4, -0.2) is 17.1 Å². The third kappa shape index (κ3) is 3.19. The number of benzene rings is 1. The van der Waals surface area contributed by atoms with Crippen molar-refractivity contribution in [3.05, 3.63) is 64.6 Å². The van der Waals surface area contributed by atoms with E-state index >= 15 is 0 Å². The maximum absolute atomic E-state index is 11.9. The van der Waals surface area contributed by atoms with Crippen LogP contribution in [0.15, 0.2) is 53.5 Å². The molecule has 1 fully saturated rings. The molecule has 1 aromatic heterocycles. The fourth-order valence-corrected chi connectivity index (χ4v) is 2.66. The number of pyridine rings is 1. The van der Waals surface area contributed by atoms with Gasteiger partial charge in [-0.2, -0.15) is 0 Å². The number of hydrogen-bond donors (Lipinski definition) is 2. The number of anilines is 1. The van der Waals surface area contributed by atoms with Crippen LogP contribution in [0.4, 0.5) is 10.5 Å². The molecule has 1 aliphatic rings. The minimum absolute atomic E-state index is 0.216. The van der Waals surface area contributed by atoms with Crippen molar-refractivity contribution < 1.29 is 4.79 Å². The van der Waals surface area contributed by atoms with E-state index in [1.165, 1.54) is 10.1 Å². The Morgan fingerprint density at radius 3 is 2.77 bits per heavy atom. The van der Waals surface area contributed by atoms with Crippen molar-refractivity contribution in [2.75, 3.05) is 11.9 Å². The Balaban J connectivity index is 1.50. The quantitative estimate of drug-likeness (QED) is 0.909. The second-order valence-electron chi connectivity index (χ2n) is 5.69. The molecule has 2 amide bonds. The van der Waals surface area contributed by atoms with Crippen LogP contribution in [0, 0.1) is 5.92 Å². The molecule has 1 saturated carbocycles. The number of nitrogens with zero attached hydrogens (tertiary/aromatic N) is 1. The zero-order chi connectivity index (χ0) is 15.5. The zero-order valence-electron chi connectivity index (χ0n) is 12.5. The van der Waals surface area contributed by atoms with Gasteiger partial charge in [0.15, 0.2) is 0 Å². The highest BCUT2D eigenvalue weighted by atomic mass is 16.2. The number of aromatic nitrogens is 1. The monoisotopic (exact) mass is 297 g/mol. The molecule has 1 aliphatic carbocycles. The van der Waals surface area contributed by atoms with Gasteiger partial charge in [0, 0.05) is 19.8 Å². The standard InChI is InChI=1S/C17H19N3O2/c1-20-9-5-8-15(16(20)21)19-17(22)18-11-13-10-14(13)12-6-3-2-4-7-12/h2-9,13-14H,10-11H2,1H3,(H2,18,19,22)/t13-,14+/m0/s1. The lowest BCUT2D eigenvalue weighted by molar-refractivity contribution is 0.251. The third-order valence-electron chi connectivity index (χ3n) is 4.05. The molecule has 5 nitrogen and oxygen atoms in total. The largest absolute Gasteiger partial charge is 0.338 e. The summed E-state index contributed by atoms with van der Waals surface area (Å²) in [7, 11) is 1.65. The predicted octanol–water partition coefficient (Wildman–Crippen LogP) is 2.31. The second-order valence-corrected chi connectivity index (χ2v) is 5.69. The smallest absolute Gasteiger partial charge is 0.319 e. The lowest BCUT2D eigenvalue weighted by Crippen LogP contribution is -2.33. The summed E-state index contributed by atoms with van der Waals surface area (Å²) in [5.41, 5.74) is 1.40. The Hall–Kier alpha value is -2.56. The number of carbonyl (C=O) groups excluding carboxylic acids is 1. The number of urea groups is 1. The Morgan fingerprint density at radius 1 is 1.23 bits per heavy atom. The van der Waals surface area contributed by atoms with Gasteiger partial charge in [-0.1, -0.05) is 30.3 Å². The molecule has 3 rings (SSSR count). The topological polar surface area (TPSA) is 63.1 Å². The molecule has 0 bridgehead atoms. The molecule has 0 saturated heterocycles. The van der Waals surface area contributed by atoms with E-state index in [2.05, 4.69) is 22.8 Å². The van der Waals surface area contributed by atoms with Gasteiger partial charge in [0.05, 0.1) is 0 Å². The normalized spacial score (nSPS) is 19.5. The Kier molecular flexibility index (Phi) is 3.96. The summed E-state index contributed by atoms with van der Waals surface area (Å²) in [6, 6.07) is 13.3. The molecule has 0 spiro atoms. The lowest BCUT2D eigenvalue weighted by Gasteiger charge is -2.08. The first-order chi connectivity index (χ1) is 10.6. The summed E-state index contributed by atoms with van der Waals surface area (Å²) < 4.78 is 1.43. The van der Waals surface area contributed by atoms with E-state index in [-0.39, 0.29) is 17.3 Å². The lowest BCUT2D eigenvalue weighted by atomic mass is 10.1. The van der Waals surface area contributed by atoms with Crippen molar-refractivity contribution in [1.29, 1.82) is 0 Å². The predicted molar refractivity (Wildman–Crippen MR) is 86.0 cm³/mol. The van der Waals surface area contributed by atoms with Crippen LogP contribution >= 0.6 is 0 Å². The van der Waals surface area contributed by atoms with Crippen molar-refractivity contribution in [2.45, 2.75) is 12.3 Å². The van der Waals surface area contributed by atoms with E-state index in [1.807, 2.05) is 18.2 Å². The molecular formula is C17H19N3O2. The Morgan fingerprint density at radius 2 is 2.00 bits per heavy atom. The van der Waals surface area contributed by atoms with Gasteiger partial charge in [0.25, 0.3) is 5.56 Å². The maximum Gasteiger partial charge on any atom is 0.319 e. The first-order valence-electron chi connectivity index (χ1n) is 7.40. The summed E-state index contributed by atoms with van der Waals surface area (Å²) in [4.78, 5) is 23.7. The summed E-state index contributed by atoms with van der Waals surface area (Å²) in [5, 5.41) is 5.45. The molecule has 5 heteroatoms. The number of nitrogens with one attached hydrogen (secondary N) is 2. The van der Waals surface area contributed by atoms with E-state index in [4.69, 9.17) is 0 Å². The average Bonchev–Trinajstić information content (AvgIpc) is 3.30. The first-order valence-corrected chi connectivity index (χ1v) is 7.40. The van der Waals surface area contributed by atoms with Crippen molar-refractivity contribution in [3.63, 3.8) is 0 Å². The highest BCUT2D eigenvalue weighted by Crippen LogP contribution is 2.46. The molecule has 0 unspecified atom stereocenters. The molecular weight excluding hydrogens is 278 g/mol. The van der Waals surface area contributed by atoms with Crippen LogP contribution in [0.2, 0.25) is 0 Å². The number of amides is 2. The number of hydrogen-bond acceptors (Lipinski definition) is 2. The van der Waals surface area contributed by atoms with E-state index in [1.54, 1.807) is 25.4 Å². The van der Waals surface area contributed by atoms with Gasteiger partial charge in [-0.05, 0) is 36.0 Å². The van der Waals surface area contributed by atoms with Crippen LogP contribution in [0.25, 0.3) is 0 Å². The van der Waals surface area contributed by atoms with Crippen LogP contribution in [-0.2, 0) is 7.05 Å². The minimum atomic E-state index is -0.331. The molecule has 1 aromatic carbocycles. The number of aryl methyl sites for hydroxylation is 1. The zero-order valence-corrected chi connectivity index (χ0v) is 12.5. The van der Waals surface area contributed by atoms with Crippen molar-refractivity contribution in [3.8, 4) is 0 Å². The van der Waals surface area contributed by atoms with Crippen LogP contribution in [0.1, 0.15) is 17.9 Å². The number of carbonyl (C=O) groups is 1. The van der Waals surface area contributed by atoms with E-state index in [0.717, 1.165) is 6.42 Å². The highest BCUT2D eigenvalue weighted by Gasteiger charge is 2.37. The molecule has 2 N–H and O–H groups in total. The van der Waals surface area contributed by atoms with Crippen LogP contribution < -0.4 is 16.2 Å².